The zero-order valence-electron chi connectivity index (χ0n) is 11.5. The summed E-state index contributed by atoms with van der Waals surface area (Å²) in [5.74, 6) is 3.08. The maximum absolute atomic E-state index is 9.91. The molecule has 0 aliphatic heterocycles. The molecule has 1 N–H and O–H groups in total. The molecule has 3 nitrogen and oxygen atoms in total. The molecule has 0 aliphatic carbocycles. The lowest BCUT2D eigenvalue weighted by atomic mass is 10.1. The molecule has 0 aliphatic rings. The van der Waals surface area contributed by atoms with E-state index in [1.807, 2.05) is 24.3 Å². The zero-order valence-corrected chi connectivity index (χ0v) is 13.1. The molecule has 1 unspecified atom stereocenters. The van der Waals surface area contributed by atoms with E-state index < -0.39 is 11.7 Å². The summed E-state index contributed by atoms with van der Waals surface area (Å²) in [5, 5.41) is 9.91. The number of fused-ring (bicyclic) bond motifs is 1. The highest BCUT2D eigenvalue weighted by Crippen LogP contribution is 2.29. The predicted molar refractivity (Wildman–Crippen MR) is 85.2 cm³/mol. The summed E-state index contributed by atoms with van der Waals surface area (Å²) in [6.45, 7) is 3.84. The van der Waals surface area contributed by atoms with Gasteiger partial charge in [-0.15, -0.1) is 17.8 Å². The first kappa shape index (κ1) is 15.3. The topological polar surface area (TPSA) is 42.4 Å². The van der Waals surface area contributed by atoms with E-state index in [-0.39, 0.29) is 6.61 Å². The largest absolute Gasteiger partial charge is 0.390 e. The lowest BCUT2D eigenvalue weighted by Crippen LogP contribution is -2.28. The summed E-state index contributed by atoms with van der Waals surface area (Å²) in [4.78, 5) is 4.51. The van der Waals surface area contributed by atoms with Gasteiger partial charge in [-0.1, -0.05) is 29.8 Å². The summed E-state index contributed by atoms with van der Waals surface area (Å²) < 4.78 is 7.59. The van der Waals surface area contributed by atoms with E-state index in [1.54, 1.807) is 25.2 Å². The fraction of sp³-hybridized carbons (Fsp3) is 0.400. The Morgan fingerprint density at radius 1 is 1.50 bits per heavy atom. The number of aromatic nitrogens is 1. The van der Waals surface area contributed by atoms with E-state index in [0.717, 1.165) is 14.6 Å². The molecule has 0 bridgehead atoms. The summed E-state index contributed by atoms with van der Waals surface area (Å²) in [7, 11) is 0. The average molecular weight is 307 g/mol. The quantitative estimate of drug-likeness (QED) is 0.657. The number of aliphatic hydroxyl groups is 1. The van der Waals surface area contributed by atoms with Crippen LogP contribution in [0.1, 0.15) is 13.8 Å². The third-order valence-corrected chi connectivity index (χ3v) is 4.98. The molecular formula is C15H17NO2S2. The van der Waals surface area contributed by atoms with E-state index in [4.69, 9.17) is 11.2 Å². The molecule has 2 aromatic rings. The molecule has 0 spiro atoms. The number of thiazole rings is 1. The third kappa shape index (κ3) is 4.22. The Hall–Kier alpha value is -1.06. The minimum absolute atomic E-state index is 0.231. The second-order valence-electron chi connectivity index (χ2n) is 4.88. The molecule has 0 fully saturated rings. The van der Waals surface area contributed by atoms with Crippen molar-refractivity contribution in [3.05, 3.63) is 24.3 Å². The Balaban J connectivity index is 1.84. The molecule has 0 radical (unpaired) electrons. The van der Waals surface area contributed by atoms with Crippen molar-refractivity contribution < 1.29 is 9.84 Å². The number of nitrogens with zero attached hydrogens (tertiary/aromatic N) is 1. The first-order chi connectivity index (χ1) is 9.50. The van der Waals surface area contributed by atoms with Crippen LogP contribution in [0.3, 0.4) is 0 Å². The van der Waals surface area contributed by atoms with Crippen molar-refractivity contribution in [3.8, 4) is 12.3 Å². The highest BCUT2D eigenvalue weighted by atomic mass is 32.2. The lowest BCUT2D eigenvalue weighted by Gasteiger charge is -2.20. The van der Waals surface area contributed by atoms with Crippen LogP contribution < -0.4 is 0 Å². The highest BCUT2D eigenvalue weighted by Gasteiger charge is 2.17. The number of benzene rings is 1. The van der Waals surface area contributed by atoms with Crippen LogP contribution in [0.5, 0.6) is 0 Å². The maximum Gasteiger partial charge on any atom is 0.151 e. The van der Waals surface area contributed by atoms with Gasteiger partial charge >= 0.3 is 0 Å². The normalized spacial score (nSPS) is 13.3. The predicted octanol–water partition coefficient (Wildman–Crippen LogP) is 3.18. The fourth-order valence-corrected chi connectivity index (χ4v) is 3.47. The number of aliphatic hydroxyl groups excluding tert-OH is 1. The summed E-state index contributed by atoms with van der Waals surface area (Å²) >= 11 is 3.17. The van der Waals surface area contributed by atoms with Crippen LogP contribution in [0, 0.1) is 12.3 Å². The number of hydrogen-bond acceptors (Lipinski definition) is 5. The van der Waals surface area contributed by atoms with Gasteiger partial charge in [-0.2, -0.15) is 0 Å². The van der Waals surface area contributed by atoms with Crippen LogP contribution in [0.25, 0.3) is 10.2 Å². The Morgan fingerprint density at radius 2 is 2.25 bits per heavy atom. The number of ether oxygens (including phenoxy) is 1. The van der Waals surface area contributed by atoms with Gasteiger partial charge in [-0.25, -0.2) is 4.98 Å². The Kier molecular flexibility index (Phi) is 5.06. The standard InChI is InChI=1S/C15H17NO2S2/c1-4-15(2,3)18-9-11(17)10-19-14-16-12-7-5-6-8-13(12)20-14/h1,5-8,11,17H,9-10H2,2-3H3. The number of thioether (sulfide) groups is 1. The van der Waals surface area contributed by atoms with Gasteiger partial charge < -0.3 is 9.84 Å². The number of rotatable bonds is 6. The van der Waals surface area contributed by atoms with E-state index in [1.165, 1.54) is 11.8 Å². The van der Waals surface area contributed by atoms with Gasteiger partial charge in [0.2, 0.25) is 0 Å². The van der Waals surface area contributed by atoms with E-state index in [2.05, 4.69) is 10.9 Å². The van der Waals surface area contributed by atoms with Gasteiger partial charge in [0.05, 0.1) is 22.9 Å². The van der Waals surface area contributed by atoms with Crippen molar-refractivity contribution in [1.82, 2.24) is 4.98 Å². The monoisotopic (exact) mass is 307 g/mol. The summed E-state index contributed by atoms with van der Waals surface area (Å²) in [5.41, 5.74) is 0.362. The first-order valence-electron chi connectivity index (χ1n) is 6.28. The number of para-hydroxylation sites is 1. The van der Waals surface area contributed by atoms with E-state index >= 15 is 0 Å². The Morgan fingerprint density at radius 3 is 2.95 bits per heavy atom. The third-order valence-electron chi connectivity index (χ3n) is 2.66. The lowest BCUT2D eigenvalue weighted by molar-refractivity contribution is -0.0203. The minimum Gasteiger partial charge on any atom is -0.390 e. The van der Waals surface area contributed by atoms with Gasteiger partial charge in [-0.3, -0.25) is 0 Å². The molecule has 0 saturated carbocycles. The SMILES string of the molecule is C#CC(C)(C)OCC(O)CSc1nc2ccccc2s1. The fourth-order valence-electron chi connectivity index (χ4n) is 1.47. The zero-order chi connectivity index (χ0) is 14.6. The van der Waals surface area contributed by atoms with Gasteiger partial charge in [-0.05, 0) is 26.0 Å². The number of hydrogen-bond donors (Lipinski definition) is 1. The minimum atomic E-state index is -0.637. The molecule has 2 rings (SSSR count). The molecule has 5 heteroatoms. The van der Waals surface area contributed by atoms with Crippen molar-refractivity contribution in [2.24, 2.45) is 0 Å². The van der Waals surface area contributed by atoms with Crippen molar-refractivity contribution in [2.45, 2.75) is 29.9 Å². The van der Waals surface area contributed by atoms with Gasteiger partial charge in [0.25, 0.3) is 0 Å². The second-order valence-corrected chi connectivity index (χ2v) is 7.18. The van der Waals surface area contributed by atoms with Crippen molar-refractivity contribution in [3.63, 3.8) is 0 Å². The Labute approximate surface area is 127 Å². The van der Waals surface area contributed by atoms with Crippen molar-refractivity contribution >= 4 is 33.3 Å². The first-order valence-corrected chi connectivity index (χ1v) is 8.08. The molecule has 20 heavy (non-hydrogen) atoms. The highest BCUT2D eigenvalue weighted by molar-refractivity contribution is 8.01. The molecular weight excluding hydrogens is 290 g/mol. The average Bonchev–Trinajstić information content (AvgIpc) is 2.86. The molecule has 0 saturated heterocycles. The summed E-state index contributed by atoms with van der Waals surface area (Å²) in [6.07, 6.45) is 4.77. The molecule has 106 valence electrons. The maximum atomic E-state index is 9.91. The van der Waals surface area contributed by atoms with Gasteiger partial charge in [0.1, 0.15) is 5.60 Å². The van der Waals surface area contributed by atoms with Gasteiger partial charge in [0.15, 0.2) is 4.34 Å². The van der Waals surface area contributed by atoms with Crippen LogP contribution in [0.2, 0.25) is 0 Å². The Bertz CT molecular complexity index is 583. The van der Waals surface area contributed by atoms with Crippen LogP contribution in [-0.2, 0) is 4.74 Å². The molecule has 1 heterocycles. The smallest absolute Gasteiger partial charge is 0.151 e. The van der Waals surface area contributed by atoms with Crippen LogP contribution >= 0.6 is 23.1 Å². The van der Waals surface area contributed by atoms with E-state index in [9.17, 15) is 5.11 Å². The van der Waals surface area contributed by atoms with Crippen LogP contribution in [0.4, 0.5) is 0 Å². The van der Waals surface area contributed by atoms with E-state index in [0.29, 0.717) is 5.75 Å². The van der Waals surface area contributed by atoms with Crippen molar-refractivity contribution in [2.75, 3.05) is 12.4 Å². The molecule has 1 aromatic carbocycles. The molecule has 1 atom stereocenters. The molecule has 0 amide bonds. The van der Waals surface area contributed by atoms with Gasteiger partial charge in [0, 0.05) is 5.75 Å². The second kappa shape index (κ2) is 6.59. The number of terminal acetylenes is 1. The van der Waals surface area contributed by atoms with Crippen LogP contribution in [-0.4, -0.2) is 34.2 Å². The van der Waals surface area contributed by atoms with Crippen LogP contribution in [0.15, 0.2) is 28.6 Å². The van der Waals surface area contributed by atoms with Crippen molar-refractivity contribution in [1.29, 1.82) is 0 Å². The summed E-state index contributed by atoms with van der Waals surface area (Å²) in [6, 6.07) is 8.01. The molecule has 1 aromatic heterocycles.